The van der Waals surface area contributed by atoms with Gasteiger partial charge in [-0.2, -0.15) is 0 Å². The molecule has 6 N–H and O–H groups in total. The normalized spacial score (nSPS) is 14.2. The maximum atomic E-state index is 13.3. The molecule has 206 valence electrons. The molecule has 0 aliphatic carbocycles. The van der Waals surface area contributed by atoms with Crippen LogP contribution in [-0.2, 0) is 4.79 Å². The van der Waals surface area contributed by atoms with Crippen molar-refractivity contribution in [2.75, 3.05) is 28.5 Å². The average Bonchev–Trinajstić information content (AvgIpc) is 3.29. The minimum absolute atomic E-state index is 0.0270. The van der Waals surface area contributed by atoms with Gasteiger partial charge in [-0.05, 0) is 72.0 Å². The molecule has 0 aromatic heterocycles. The summed E-state index contributed by atoms with van der Waals surface area (Å²) in [5.41, 5.74) is 10.6. The second-order valence-corrected chi connectivity index (χ2v) is 9.47. The van der Waals surface area contributed by atoms with Gasteiger partial charge in [0.2, 0.25) is 0 Å². The van der Waals surface area contributed by atoms with Crippen LogP contribution in [-0.4, -0.2) is 35.0 Å². The van der Waals surface area contributed by atoms with Crippen molar-refractivity contribution in [2.24, 2.45) is 5.73 Å². The lowest BCUT2D eigenvalue weighted by atomic mass is 9.93. The number of nitrogens with one attached hydrogen (secondary N) is 2. The number of anilines is 3. The van der Waals surface area contributed by atoms with Crippen molar-refractivity contribution in [1.82, 2.24) is 0 Å². The fourth-order valence-electron chi connectivity index (χ4n) is 4.87. The zero-order valence-corrected chi connectivity index (χ0v) is 23.2. The Labute approximate surface area is 237 Å². The predicted octanol–water partition coefficient (Wildman–Crippen LogP) is 6.03. The molecule has 4 aromatic rings. The highest BCUT2D eigenvalue weighted by atomic mass is 35.5. The van der Waals surface area contributed by atoms with Gasteiger partial charge in [0.05, 0.1) is 5.69 Å². The number of benzene rings is 4. The van der Waals surface area contributed by atoms with Crippen molar-refractivity contribution in [3.8, 4) is 11.5 Å². The minimum Gasteiger partial charge on any atom is -0.508 e. The average molecular weight is 559 g/mol. The Morgan fingerprint density at radius 3 is 2.33 bits per heavy atom. The molecule has 5 rings (SSSR count). The first-order valence-electron chi connectivity index (χ1n) is 12.6. The Kier molecular flexibility index (Phi) is 8.50. The quantitative estimate of drug-likeness (QED) is 0.150. The molecule has 0 spiro atoms. The number of hydrogen-bond acceptors (Lipinski definition) is 6. The van der Waals surface area contributed by atoms with Crippen LogP contribution in [0.25, 0.3) is 10.8 Å². The fraction of sp³-hybridized carbons (Fsp3) is 0.161. The molecule has 9 heteroatoms. The molecule has 40 heavy (non-hydrogen) atoms. The zero-order valence-electron chi connectivity index (χ0n) is 22.4. The van der Waals surface area contributed by atoms with Gasteiger partial charge in [0.1, 0.15) is 17.2 Å². The van der Waals surface area contributed by atoms with Crippen molar-refractivity contribution in [2.45, 2.75) is 19.8 Å². The molecule has 8 nitrogen and oxygen atoms in total. The number of phenols is 2. The molecule has 0 saturated carbocycles. The third-order valence-electron chi connectivity index (χ3n) is 6.77. The molecule has 4 aromatic carbocycles. The van der Waals surface area contributed by atoms with E-state index in [1.165, 1.54) is 36.8 Å². The lowest BCUT2D eigenvalue weighted by Crippen LogP contribution is -2.33. The second-order valence-electron chi connectivity index (χ2n) is 9.47. The van der Waals surface area contributed by atoms with Crippen LogP contribution in [0.4, 0.5) is 17.1 Å². The van der Waals surface area contributed by atoms with E-state index in [-0.39, 0.29) is 34.9 Å². The Hall–Kier alpha value is -4.69. The van der Waals surface area contributed by atoms with Crippen LogP contribution in [0.1, 0.15) is 34.3 Å². The summed E-state index contributed by atoms with van der Waals surface area (Å²) in [6, 6.07) is 20.4. The third kappa shape index (κ3) is 5.67. The van der Waals surface area contributed by atoms with E-state index in [2.05, 4.69) is 29.2 Å². The molecular formula is C31H31ClN4O4. The number of aromatic hydroxyl groups is 2. The number of nitrogens with two attached hydrogens (primary N) is 1. The van der Waals surface area contributed by atoms with E-state index in [1.807, 2.05) is 25.1 Å². The highest BCUT2D eigenvalue weighted by Gasteiger charge is 2.33. The van der Waals surface area contributed by atoms with E-state index in [9.17, 15) is 19.8 Å². The number of alkyl halides is 1. The van der Waals surface area contributed by atoms with Gasteiger partial charge < -0.3 is 31.5 Å². The minimum atomic E-state index is -0.354. The molecule has 1 aliphatic heterocycles. The van der Waals surface area contributed by atoms with Crippen LogP contribution in [0.5, 0.6) is 11.5 Å². The Balaban J connectivity index is 0.00000181. The van der Waals surface area contributed by atoms with Gasteiger partial charge in [-0.3, -0.25) is 9.59 Å². The number of carbonyl (C=O) groups is 2. The first-order valence-corrected chi connectivity index (χ1v) is 13.4. The molecular weight excluding hydrogens is 528 g/mol. The standard InChI is InChI=1S/C30H28N4O4.CH3Cl/c1-17-4-3-5-23-26(36)14-25-28(27(17)23)18(2)16-34(25)30(38)24(31)15-32-20-8-10-21(11-9-20)33-29(37)19-6-12-22(35)13-7-19;1-2/h3-15,18,32,35-36H,16,31H2,1-2H3,(H,33,37);1H3/b24-15-;. The summed E-state index contributed by atoms with van der Waals surface area (Å²) in [7, 11) is 0. The molecule has 1 unspecified atom stereocenters. The van der Waals surface area contributed by atoms with Crippen LogP contribution < -0.4 is 21.3 Å². The zero-order chi connectivity index (χ0) is 29.0. The number of hydrogen-bond donors (Lipinski definition) is 5. The molecule has 0 saturated heterocycles. The number of fused-ring (bicyclic) bond motifs is 3. The van der Waals surface area contributed by atoms with Gasteiger partial charge >= 0.3 is 0 Å². The Morgan fingerprint density at radius 1 is 1.00 bits per heavy atom. The Morgan fingerprint density at radius 2 is 1.65 bits per heavy atom. The number of amides is 2. The molecule has 2 amide bonds. The number of rotatable bonds is 5. The van der Waals surface area contributed by atoms with Crippen LogP contribution in [0.15, 0.2) is 84.7 Å². The van der Waals surface area contributed by atoms with Crippen molar-refractivity contribution in [3.05, 3.63) is 101 Å². The van der Waals surface area contributed by atoms with Crippen molar-refractivity contribution in [3.63, 3.8) is 0 Å². The number of nitrogens with zero attached hydrogens (tertiary/aromatic N) is 1. The first-order chi connectivity index (χ1) is 19.2. The smallest absolute Gasteiger partial charge is 0.275 e. The summed E-state index contributed by atoms with van der Waals surface area (Å²) < 4.78 is 0. The Bertz CT molecular complexity index is 1580. The summed E-state index contributed by atoms with van der Waals surface area (Å²) in [5, 5.41) is 27.6. The number of aryl methyl sites for hydroxylation is 1. The summed E-state index contributed by atoms with van der Waals surface area (Å²) >= 11 is 4.64. The number of carbonyl (C=O) groups excluding carboxylic acids is 2. The van der Waals surface area contributed by atoms with E-state index in [0.29, 0.717) is 29.2 Å². The molecule has 0 fully saturated rings. The van der Waals surface area contributed by atoms with E-state index in [0.717, 1.165) is 21.9 Å². The maximum Gasteiger partial charge on any atom is 0.275 e. The predicted molar refractivity (Wildman–Crippen MR) is 161 cm³/mol. The van der Waals surface area contributed by atoms with E-state index >= 15 is 0 Å². The highest BCUT2D eigenvalue weighted by Crippen LogP contribution is 2.45. The number of phenolic OH excluding ortho intramolecular Hbond substituents is 2. The monoisotopic (exact) mass is 558 g/mol. The largest absolute Gasteiger partial charge is 0.508 e. The topological polar surface area (TPSA) is 128 Å². The highest BCUT2D eigenvalue weighted by molar-refractivity contribution is 6.15. The van der Waals surface area contributed by atoms with Crippen LogP contribution in [0.2, 0.25) is 0 Å². The van der Waals surface area contributed by atoms with E-state index in [4.69, 9.17) is 5.73 Å². The summed E-state index contributed by atoms with van der Waals surface area (Å²) in [5.74, 6) is -0.341. The van der Waals surface area contributed by atoms with Crippen LogP contribution >= 0.6 is 11.6 Å². The second kappa shape index (κ2) is 12.0. The number of halogens is 1. The molecule has 1 heterocycles. The van der Waals surface area contributed by atoms with Crippen molar-refractivity contribution >= 4 is 51.2 Å². The SMILES string of the molecule is CCl.Cc1cccc2c(O)cc3c(c12)C(C)CN3C(=O)/C(N)=C/Nc1ccc(NC(=O)c2ccc(O)cc2)cc1. The molecule has 1 atom stereocenters. The van der Waals surface area contributed by atoms with Gasteiger partial charge in [0.25, 0.3) is 11.8 Å². The van der Waals surface area contributed by atoms with E-state index < -0.39 is 0 Å². The summed E-state index contributed by atoms with van der Waals surface area (Å²) in [4.78, 5) is 27.3. The van der Waals surface area contributed by atoms with Crippen LogP contribution in [0.3, 0.4) is 0 Å². The fourth-order valence-corrected chi connectivity index (χ4v) is 4.87. The third-order valence-corrected chi connectivity index (χ3v) is 6.77. The molecule has 1 aliphatic rings. The van der Waals surface area contributed by atoms with E-state index in [1.54, 1.807) is 35.2 Å². The van der Waals surface area contributed by atoms with Gasteiger partial charge in [-0.25, -0.2) is 0 Å². The summed E-state index contributed by atoms with van der Waals surface area (Å²) in [6.45, 7) is 4.53. The summed E-state index contributed by atoms with van der Waals surface area (Å²) in [6.07, 6.45) is 2.92. The van der Waals surface area contributed by atoms with Gasteiger partial charge in [0.15, 0.2) is 0 Å². The van der Waals surface area contributed by atoms with Gasteiger partial charge in [-0.1, -0.05) is 25.1 Å². The molecule has 0 bridgehead atoms. The van der Waals surface area contributed by atoms with Crippen molar-refractivity contribution < 1.29 is 19.8 Å². The lowest BCUT2D eigenvalue weighted by Gasteiger charge is -2.19. The van der Waals surface area contributed by atoms with Gasteiger partial charge in [-0.15, -0.1) is 11.6 Å². The maximum absolute atomic E-state index is 13.3. The molecule has 0 radical (unpaired) electrons. The van der Waals surface area contributed by atoms with Crippen LogP contribution in [0, 0.1) is 6.92 Å². The van der Waals surface area contributed by atoms with Gasteiger partial charge in [0, 0.05) is 53.4 Å². The van der Waals surface area contributed by atoms with Crippen molar-refractivity contribution in [1.29, 1.82) is 0 Å². The lowest BCUT2D eigenvalue weighted by molar-refractivity contribution is -0.115. The first kappa shape index (κ1) is 28.3.